The summed E-state index contributed by atoms with van der Waals surface area (Å²) in [5.41, 5.74) is 0. The van der Waals surface area contributed by atoms with Crippen LogP contribution >= 0.6 is 7.82 Å². The fourth-order valence-electron chi connectivity index (χ4n) is 4.47. The van der Waals surface area contributed by atoms with Gasteiger partial charge in [0.15, 0.2) is 6.10 Å². The average Bonchev–Trinajstić information content (AvgIpc) is 3.10. The highest BCUT2D eigenvalue weighted by atomic mass is 31.2. The SMILES string of the molecule is CC/C=C/C=C/C=C/C=C/C=C/CCCC(=O)OC(COC(=O)CCCCCCCC/C=C/C/C=C/C/C=C/CC)COP(=O)(O)OCC[N+](C)(C)C. The third kappa shape index (κ3) is 38.5. The minimum Gasteiger partial charge on any atom is -0.462 e. The number of carbonyl (C=O) groups is 2. The molecule has 0 rings (SSSR count). The van der Waals surface area contributed by atoms with Crippen molar-refractivity contribution in [3.8, 4) is 0 Å². The summed E-state index contributed by atoms with van der Waals surface area (Å²) >= 11 is 0. The second-order valence-corrected chi connectivity index (χ2v) is 15.1. The summed E-state index contributed by atoms with van der Waals surface area (Å²) in [6.45, 7) is 4.02. The molecule has 0 fully saturated rings. The van der Waals surface area contributed by atoms with Gasteiger partial charge in [-0.3, -0.25) is 18.6 Å². The summed E-state index contributed by atoms with van der Waals surface area (Å²) in [5, 5.41) is 0. The lowest BCUT2D eigenvalue weighted by atomic mass is 10.1. The van der Waals surface area contributed by atoms with Crippen molar-refractivity contribution >= 4 is 19.8 Å². The van der Waals surface area contributed by atoms with E-state index < -0.39 is 32.5 Å². The van der Waals surface area contributed by atoms with E-state index in [1.807, 2.05) is 75.8 Å². The quantitative estimate of drug-likeness (QED) is 0.0176. The zero-order valence-electron chi connectivity index (χ0n) is 33.4. The van der Waals surface area contributed by atoms with Crippen LogP contribution in [0.15, 0.2) is 97.2 Å². The number of rotatable bonds is 33. The maximum absolute atomic E-state index is 12.6. The van der Waals surface area contributed by atoms with Crippen LogP contribution in [0.1, 0.15) is 110 Å². The summed E-state index contributed by atoms with van der Waals surface area (Å²) in [6.07, 6.45) is 44.7. The third-order valence-electron chi connectivity index (χ3n) is 7.49. The largest absolute Gasteiger partial charge is 0.472 e. The van der Waals surface area contributed by atoms with E-state index in [-0.39, 0.29) is 26.1 Å². The Balaban J connectivity index is 4.57. The Bertz CT molecular complexity index is 1220. The van der Waals surface area contributed by atoms with Crippen molar-refractivity contribution in [2.45, 2.75) is 116 Å². The van der Waals surface area contributed by atoms with Gasteiger partial charge in [0.1, 0.15) is 19.8 Å². The lowest BCUT2D eigenvalue weighted by Gasteiger charge is -2.24. The normalized spacial score (nSPS) is 14.8. The zero-order valence-corrected chi connectivity index (χ0v) is 34.3. The first-order chi connectivity index (χ1) is 25.5. The number of hydrogen-bond donors (Lipinski definition) is 1. The fourth-order valence-corrected chi connectivity index (χ4v) is 5.21. The van der Waals surface area contributed by atoms with Crippen LogP contribution in [0, 0.1) is 0 Å². The molecular weight excluding hydrogens is 689 g/mol. The number of quaternary nitrogens is 1. The molecule has 2 atom stereocenters. The van der Waals surface area contributed by atoms with Crippen LogP contribution in [0.2, 0.25) is 0 Å². The second-order valence-electron chi connectivity index (χ2n) is 13.7. The first-order valence-electron chi connectivity index (χ1n) is 19.5. The highest BCUT2D eigenvalue weighted by Crippen LogP contribution is 2.43. The number of esters is 2. The minimum atomic E-state index is -4.40. The molecule has 0 aromatic heterocycles. The monoisotopic (exact) mass is 760 g/mol. The molecule has 0 aromatic rings. The van der Waals surface area contributed by atoms with Gasteiger partial charge in [0.25, 0.3) is 0 Å². The van der Waals surface area contributed by atoms with Gasteiger partial charge in [-0.25, -0.2) is 4.57 Å². The molecule has 0 aromatic carbocycles. The van der Waals surface area contributed by atoms with E-state index in [4.69, 9.17) is 18.5 Å². The summed E-state index contributed by atoms with van der Waals surface area (Å²) in [6, 6.07) is 0. The van der Waals surface area contributed by atoms with Crippen molar-refractivity contribution in [1.82, 2.24) is 0 Å². The molecule has 0 aliphatic heterocycles. The Morgan fingerprint density at radius 1 is 0.604 bits per heavy atom. The number of phosphoric ester groups is 1. The van der Waals surface area contributed by atoms with Crippen molar-refractivity contribution in [2.24, 2.45) is 0 Å². The number of unbranched alkanes of at least 4 members (excludes halogenated alkanes) is 7. The molecule has 0 spiro atoms. The van der Waals surface area contributed by atoms with E-state index in [0.717, 1.165) is 64.2 Å². The van der Waals surface area contributed by atoms with Crippen molar-refractivity contribution < 1.29 is 42.1 Å². The van der Waals surface area contributed by atoms with Gasteiger partial charge in [-0.1, -0.05) is 137 Å². The van der Waals surface area contributed by atoms with Crippen molar-refractivity contribution in [3.63, 3.8) is 0 Å². The smallest absolute Gasteiger partial charge is 0.462 e. The summed E-state index contributed by atoms with van der Waals surface area (Å²) in [4.78, 5) is 35.2. The van der Waals surface area contributed by atoms with Crippen LogP contribution in [0.5, 0.6) is 0 Å². The molecule has 9 nitrogen and oxygen atoms in total. The van der Waals surface area contributed by atoms with Crippen LogP contribution in [0.25, 0.3) is 0 Å². The van der Waals surface area contributed by atoms with E-state index in [0.29, 0.717) is 30.3 Å². The summed E-state index contributed by atoms with van der Waals surface area (Å²) in [5.74, 6) is -0.915. The van der Waals surface area contributed by atoms with Gasteiger partial charge in [-0.15, -0.1) is 0 Å². The van der Waals surface area contributed by atoms with Gasteiger partial charge < -0.3 is 18.9 Å². The topological polar surface area (TPSA) is 108 Å². The lowest BCUT2D eigenvalue weighted by Crippen LogP contribution is -2.37. The molecule has 0 heterocycles. The van der Waals surface area contributed by atoms with E-state index in [1.54, 1.807) is 0 Å². The molecule has 300 valence electrons. The Morgan fingerprint density at radius 3 is 1.77 bits per heavy atom. The number of allylic oxidation sites excluding steroid dienone is 16. The van der Waals surface area contributed by atoms with Crippen molar-refractivity contribution in [3.05, 3.63) is 97.2 Å². The predicted octanol–water partition coefficient (Wildman–Crippen LogP) is 10.6. The Hall–Kier alpha value is -3.07. The molecule has 0 saturated heterocycles. The van der Waals surface area contributed by atoms with Crippen LogP contribution in [-0.2, 0) is 32.7 Å². The molecule has 0 aliphatic carbocycles. The van der Waals surface area contributed by atoms with Gasteiger partial charge in [-0.2, -0.15) is 0 Å². The minimum absolute atomic E-state index is 0.00982. The fraction of sp³-hybridized carbons (Fsp3) is 0.581. The van der Waals surface area contributed by atoms with E-state index in [9.17, 15) is 19.0 Å². The van der Waals surface area contributed by atoms with Gasteiger partial charge >= 0.3 is 19.8 Å². The molecule has 53 heavy (non-hydrogen) atoms. The number of hydrogen-bond acceptors (Lipinski definition) is 7. The summed E-state index contributed by atoms with van der Waals surface area (Å²) < 4.78 is 34.1. The van der Waals surface area contributed by atoms with Gasteiger partial charge in [-0.05, 0) is 57.8 Å². The number of carbonyl (C=O) groups excluding carboxylic acids is 2. The van der Waals surface area contributed by atoms with Crippen LogP contribution in [-0.4, -0.2) is 74.9 Å². The molecule has 1 N–H and O–H groups in total. The predicted molar refractivity (Wildman–Crippen MR) is 219 cm³/mol. The molecular formula is C43H71NO8P+. The molecule has 2 unspecified atom stereocenters. The highest BCUT2D eigenvalue weighted by Gasteiger charge is 2.27. The van der Waals surface area contributed by atoms with Crippen molar-refractivity contribution in [1.29, 1.82) is 0 Å². The first kappa shape index (κ1) is 49.9. The maximum Gasteiger partial charge on any atom is 0.472 e. The number of likely N-dealkylation sites (N-methyl/N-ethyl adjacent to an activating group) is 1. The van der Waals surface area contributed by atoms with Gasteiger partial charge in [0.2, 0.25) is 0 Å². The molecule has 0 bridgehead atoms. The van der Waals surface area contributed by atoms with Crippen LogP contribution in [0.3, 0.4) is 0 Å². The highest BCUT2D eigenvalue weighted by molar-refractivity contribution is 7.47. The molecule has 0 amide bonds. The first-order valence-corrected chi connectivity index (χ1v) is 21.0. The lowest BCUT2D eigenvalue weighted by molar-refractivity contribution is -0.870. The van der Waals surface area contributed by atoms with E-state index in [2.05, 4.69) is 56.4 Å². The number of phosphoric acid groups is 1. The Labute approximate surface area is 322 Å². The Morgan fingerprint density at radius 2 is 1.13 bits per heavy atom. The van der Waals surface area contributed by atoms with Gasteiger partial charge in [0, 0.05) is 12.8 Å². The average molecular weight is 761 g/mol. The standard InChI is InChI=1S/C43H70NO8P/c1-6-8-10-12-14-16-18-20-21-22-24-25-27-29-31-33-35-42(45)49-39-41(40-51-53(47,48)50-38-37-44(3,4)5)52-43(46)36-34-32-30-28-26-23-19-17-15-13-11-9-7-2/h8-11,13-17,19-21,23,26,28,30,41H,6-7,12,18,22,24-25,27,29,31-40H2,1-5H3/p+1/b10-8+,11-9+,15-13+,16-14+,19-17+,21-20+,26-23+,30-28+. The molecule has 0 radical (unpaired) electrons. The molecule has 0 aliphatic rings. The Kier molecular flexibility index (Phi) is 32.7. The van der Waals surface area contributed by atoms with Crippen LogP contribution < -0.4 is 0 Å². The second kappa shape index (κ2) is 34.7. The molecule has 0 saturated carbocycles. The third-order valence-corrected chi connectivity index (χ3v) is 8.47. The van der Waals surface area contributed by atoms with Crippen LogP contribution in [0.4, 0.5) is 0 Å². The van der Waals surface area contributed by atoms with E-state index in [1.165, 1.54) is 0 Å². The number of ether oxygens (including phenoxy) is 2. The van der Waals surface area contributed by atoms with Crippen molar-refractivity contribution in [2.75, 3.05) is 47.5 Å². The number of nitrogens with zero attached hydrogens (tertiary/aromatic N) is 1. The van der Waals surface area contributed by atoms with Gasteiger partial charge in [0.05, 0.1) is 27.7 Å². The molecule has 10 heteroatoms. The zero-order chi connectivity index (χ0) is 39.3. The summed E-state index contributed by atoms with van der Waals surface area (Å²) in [7, 11) is 1.40. The van der Waals surface area contributed by atoms with E-state index >= 15 is 0 Å². The maximum atomic E-state index is 12.6.